The predicted molar refractivity (Wildman–Crippen MR) is 142 cm³/mol. The Labute approximate surface area is 226 Å². The van der Waals surface area contributed by atoms with Crippen molar-refractivity contribution in [2.24, 2.45) is 11.3 Å². The molecule has 9 heteroatoms. The van der Waals surface area contributed by atoms with Gasteiger partial charge in [0, 0.05) is 7.11 Å². The number of rotatable bonds is 16. The molecule has 214 valence electrons. The molecule has 0 bridgehead atoms. The molecule has 2 rings (SSSR count). The largest absolute Gasteiger partial charge is 0.464 e. The quantitative estimate of drug-likeness (QED) is 0.251. The lowest BCUT2D eigenvalue weighted by Crippen LogP contribution is -2.47. The van der Waals surface area contributed by atoms with Gasteiger partial charge in [-0.1, -0.05) is 43.2 Å². The fourth-order valence-electron chi connectivity index (χ4n) is 4.60. The molecule has 1 fully saturated rings. The van der Waals surface area contributed by atoms with E-state index < -0.39 is 29.0 Å². The molecule has 1 aliphatic rings. The van der Waals surface area contributed by atoms with Gasteiger partial charge in [0.25, 0.3) is 0 Å². The normalized spacial score (nSPS) is 16.4. The summed E-state index contributed by atoms with van der Waals surface area (Å²) in [6.07, 6.45) is 2.40. The molecule has 0 saturated heterocycles. The molecule has 1 aromatic carbocycles. The summed E-state index contributed by atoms with van der Waals surface area (Å²) in [5, 5.41) is 2.93. The van der Waals surface area contributed by atoms with Crippen molar-refractivity contribution in [2.45, 2.75) is 78.1 Å². The van der Waals surface area contributed by atoms with E-state index in [0.29, 0.717) is 32.5 Å². The van der Waals surface area contributed by atoms with Crippen LogP contribution in [0.2, 0.25) is 0 Å². The minimum atomic E-state index is -0.948. The van der Waals surface area contributed by atoms with Crippen molar-refractivity contribution in [3.8, 4) is 0 Å². The van der Waals surface area contributed by atoms with Crippen LogP contribution in [0.1, 0.15) is 65.4 Å². The number of nitrogens with one attached hydrogen (secondary N) is 1. The monoisotopic (exact) mass is 535 g/mol. The highest BCUT2D eigenvalue weighted by Gasteiger charge is 2.45. The summed E-state index contributed by atoms with van der Waals surface area (Å²) in [5.74, 6) is -1.71. The number of hydrogen-bond acceptors (Lipinski definition) is 8. The second-order valence-corrected chi connectivity index (χ2v) is 10.7. The van der Waals surface area contributed by atoms with Crippen molar-refractivity contribution in [3.63, 3.8) is 0 Å². The zero-order chi connectivity index (χ0) is 28.0. The van der Waals surface area contributed by atoms with Gasteiger partial charge in [0.2, 0.25) is 5.91 Å². The molecule has 0 heterocycles. The first-order chi connectivity index (χ1) is 18.1. The third kappa shape index (κ3) is 10.7. The van der Waals surface area contributed by atoms with Gasteiger partial charge in [-0.2, -0.15) is 0 Å². The third-order valence-electron chi connectivity index (χ3n) is 6.46. The minimum Gasteiger partial charge on any atom is -0.464 e. The van der Waals surface area contributed by atoms with E-state index in [1.54, 1.807) is 14.0 Å². The van der Waals surface area contributed by atoms with Gasteiger partial charge in [0.1, 0.15) is 5.60 Å². The summed E-state index contributed by atoms with van der Waals surface area (Å²) >= 11 is 0. The summed E-state index contributed by atoms with van der Waals surface area (Å²) < 4.78 is 27.4. The van der Waals surface area contributed by atoms with Crippen molar-refractivity contribution < 1.29 is 38.1 Å². The number of benzene rings is 1. The molecular formula is C29H45NO8. The predicted octanol–water partition coefficient (Wildman–Crippen LogP) is 3.82. The van der Waals surface area contributed by atoms with E-state index in [2.05, 4.69) is 5.32 Å². The van der Waals surface area contributed by atoms with E-state index in [-0.39, 0.29) is 38.2 Å². The highest BCUT2D eigenvalue weighted by Crippen LogP contribution is 2.44. The Balaban J connectivity index is 2.11. The van der Waals surface area contributed by atoms with Crippen LogP contribution >= 0.6 is 0 Å². The fourth-order valence-corrected chi connectivity index (χ4v) is 4.60. The molecule has 2 atom stereocenters. The van der Waals surface area contributed by atoms with Gasteiger partial charge in [-0.25, -0.2) is 4.79 Å². The van der Waals surface area contributed by atoms with Gasteiger partial charge in [-0.15, -0.1) is 0 Å². The third-order valence-corrected chi connectivity index (χ3v) is 6.46. The van der Waals surface area contributed by atoms with Crippen molar-refractivity contribution >= 4 is 17.8 Å². The highest BCUT2D eigenvalue weighted by atomic mass is 16.6. The molecular weight excluding hydrogens is 490 g/mol. The molecule has 1 amide bonds. The van der Waals surface area contributed by atoms with Gasteiger partial charge < -0.3 is 29.0 Å². The highest BCUT2D eigenvalue weighted by molar-refractivity contribution is 5.85. The van der Waals surface area contributed by atoms with Crippen LogP contribution < -0.4 is 5.32 Å². The average Bonchev–Trinajstić information content (AvgIpc) is 3.35. The first kappa shape index (κ1) is 31.7. The zero-order valence-electron chi connectivity index (χ0n) is 23.6. The molecule has 1 saturated carbocycles. The maximum absolute atomic E-state index is 13.6. The van der Waals surface area contributed by atoms with Gasteiger partial charge in [0.05, 0.1) is 50.9 Å². The molecule has 1 aliphatic carbocycles. The second-order valence-electron chi connectivity index (χ2n) is 10.7. The van der Waals surface area contributed by atoms with Gasteiger partial charge in [0.15, 0.2) is 6.10 Å². The van der Waals surface area contributed by atoms with Gasteiger partial charge in [-0.05, 0) is 52.5 Å². The maximum Gasteiger partial charge on any atom is 0.337 e. The van der Waals surface area contributed by atoms with Crippen molar-refractivity contribution in [1.29, 1.82) is 0 Å². The SMILES string of the molecule is CCOC(=O)[C@H](CNC(=O)C1(C[C@H](COCCOC)C(=O)OC(C)(C)C)CCCC1)OCc1ccccc1. The standard InChI is InChI=1S/C29H45NO8/c1-6-36-26(32)24(37-20-22-12-8-7-9-13-22)19-30-27(33)29(14-10-11-15-29)18-23(21-35-17-16-34-5)25(31)38-28(2,3)4/h7-9,12-13,23-24H,6,10-11,14-21H2,1-5H3,(H,30,33)/t23-,24+/m1/s1. The van der Waals surface area contributed by atoms with Gasteiger partial charge >= 0.3 is 11.9 Å². The summed E-state index contributed by atoms with van der Waals surface area (Å²) in [5.41, 5.74) is -0.505. The van der Waals surface area contributed by atoms with E-state index in [9.17, 15) is 14.4 Å². The van der Waals surface area contributed by atoms with E-state index in [1.807, 2.05) is 51.1 Å². The average molecular weight is 536 g/mol. The lowest BCUT2D eigenvalue weighted by molar-refractivity contribution is -0.164. The van der Waals surface area contributed by atoms with E-state index in [4.69, 9.17) is 23.7 Å². The molecule has 9 nitrogen and oxygen atoms in total. The minimum absolute atomic E-state index is 0.0201. The number of amides is 1. The second kappa shape index (κ2) is 15.8. The van der Waals surface area contributed by atoms with Crippen molar-refractivity contribution in [1.82, 2.24) is 5.32 Å². The van der Waals surface area contributed by atoms with Crippen LogP contribution in [0.4, 0.5) is 0 Å². The number of carbonyl (C=O) groups excluding carboxylic acids is 3. The summed E-state index contributed by atoms with van der Waals surface area (Å²) in [6, 6.07) is 9.49. The number of hydrogen-bond donors (Lipinski definition) is 1. The molecule has 38 heavy (non-hydrogen) atoms. The number of carbonyl (C=O) groups is 3. The van der Waals surface area contributed by atoms with E-state index in [1.165, 1.54) is 0 Å². The van der Waals surface area contributed by atoms with E-state index in [0.717, 1.165) is 18.4 Å². The lowest BCUT2D eigenvalue weighted by atomic mass is 9.76. The van der Waals surface area contributed by atoms with Crippen LogP contribution in [0.3, 0.4) is 0 Å². The Morgan fingerprint density at radius 1 is 1.03 bits per heavy atom. The smallest absolute Gasteiger partial charge is 0.337 e. The Kier molecular flexibility index (Phi) is 13.2. The Hall–Kier alpha value is -2.49. The Morgan fingerprint density at radius 2 is 1.71 bits per heavy atom. The molecule has 0 radical (unpaired) electrons. The first-order valence-corrected chi connectivity index (χ1v) is 13.5. The fraction of sp³-hybridized carbons (Fsp3) is 0.690. The summed E-state index contributed by atoms with van der Waals surface area (Å²) in [4.78, 5) is 39.3. The molecule has 0 aliphatic heterocycles. The van der Waals surface area contributed by atoms with Crippen molar-refractivity contribution in [2.75, 3.05) is 40.1 Å². The number of ether oxygens (including phenoxy) is 5. The molecule has 0 unspecified atom stereocenters. The van der Waals surface area contributed by atoms with Crippen molar-refractivity contribution in [3.05, 3.63) is 35.9 Å². The first-order valence-electron chi connectivity index (χ1n) is 13.5. The van der Waals surface area contributed by atoms with Crippen LogP contribution in [-0.4, -0.2) is 69.6 Å². The van der Waals surface area contributed by atoms with E-state index >= 15 is 0 Å². The van der Waals surface area contributed by atoms with Crippen LogP contribution in [0.5, 0.6) is 0 Å². The number of esters is 2. The molecule has 0 spiro atoms. The topological polar surface area (TPSA) is 109 Å². The van der Waals surface area contributed by atoms with Crippen LogP contribution in [0.25, 0.3) is 0 Å². The van der Waals surface area contributed by atoms with Gasteiger partial charge in [-0.3, -0.25) is 9.59 Å². The lowest BCUT2D eigenvalue weighted by Gasteiger charge is -2.33. The zero-order valence-corrected chi connectivity index (χ0v) is 23.6. The summed E-state index contributed by atoms with van der Waals surface area (Å²) in [6.45, 7) is 8.47. The summed E-state index contributed by atoms with van der Waals surface area (Å²) in [7, 11) is 1.58. The van der Waals surface area contributed by atoms with Crippen LogP contribution in [-0.2, 0) is 44.7 Å². The number of methoxy groups -OCH3 is 1. The maximum atomic E-state index is 13.6. The molecule has 0 aromatic heterocycles. The molecule has 1 N–H and O–H groups in total. The van der Waals surface area contributed by atoms with Crippen LogP contribution in [0.15, 0.2) is 30.3 Å². The molecule has 1 aromatic rings. The van der Waals surface area contributed by atoms with Crippen LogP contribution in [0, 0.1) is 11.3 Å². The Bertz CT molecular complexity index is 861. The Morgan fingerprint density at radius 3 is 2.32 bits per heavy atom.